The summed E-state index contributed by atoms with van der Waals surface area (Å²) in [6, 6.07) is 0. The minimum absolute atomic E-state index is 0.277. The topological polar surface area (TPSA) is 35.2 Å². The lowest BCUT2D eigenvalue weighted by Crippen LogP contribution is -2.18. The number of hydrogen-bond acceptors (Lipinski definition) is 3. The van der Waals surface area contributed by atoms with Gasteiger partial charge in [-0.25, -0.2) is 5.90 Å². The summed E-state index contributed by atoms with van der Waals surface area (Å²) >= 11 is 1.76. The van der Waals surface area contributed by atoms with E-state index in [1.807, 2.05) is 0 Å². The molecular formula is C9H13NOS. The van der Waals surface area contributed by atoms with Crippen molar-refractivity contribution in [3.05, 3.63) is 21.9 Å². The van der Waals surface area contributed by atoms with Gasteiger partial charge in [-0.05, 0) is 41.7 Å². The highest BCUT2D eigenvalue weighted by Crippen LogP contribution is 2.50. The van der Waals surface area contributed by atoms with Crippen LogP contribution in [0.5, 0.6) is 0 Å². The minimum Gasteiger partial charge on any atom is -0.304 e. The van der Waals surface area contributed by atoms with E-state index in [2.05, 4.69) is 17.7 Å². The van der Waals surface area contributed by atoms with Crippen molar-refractivity contribution in [2.45, 2.75) is 25.2 Å². The summed E-state index contributed by atoms with van der Waals surface area (Å²) in [6.45, 7) is 2.83. The number of thiophene rings is 1. The normalized spacial score (nSPS) is 19.5. The summed E-state index contributed by atoms with van der Waals surface area (Å²) in [5.74, 6) is 5.11. The van der Waals surface area contributed by atoms with Gasteiger partial charge in [-0.1, -0.05) is 0 Å². The van der Waals surface area contributed by atoms with Crippen molar-refractivity contribution >= 4 is 11.3 Å². The van der Waals surface area contributed by atoms with E-state index in [9.17, 15) is 0 Å². The molecule has 0 aromatic carbocycles. The summed E-state index contributed by atoms with van der Waals surface area (Å²) in [5, 5.41) is 4.41. The maximum atomic E-state index is 5.11. The Morgan fingerprint density at radius 2 is 2.33 bits per heavy atom. The van der Waals surface area contributed by atoms with E-state index in [0.29, 0.717) is 6.61 Å². The molecule has 1 saturated carbocycles. The van der Waals surface area contributed by atoms with Gasteiger partial charge in [0.15, 0.2) is 0 Å². The molecule has 0 bridgehead atoms. The first-order chi connectivity index (χ1) is 5.78. The molecular weight excluding hydrogens is 170 g/mol. The standard InChI is InChI=1S/C9H13NOS/c1-7-4-12-5-8(7)9(2-3-9)6-11-10/h4-5H,2-3,6,10H2,1H3. The Morgan fingerprint density at radius 3 is 2.75 bits per heavy atom. The van der Waals surface area contributed by atoms with Gasteiger partial charge in [0.05, 0.1) is 6.61 Å². The second kappa shape index (κ2) is 2.83. The van der Waals surface area contributed by atoms with E-state index in [0.717, 1.165) is 0 Å². The predicted molar refractivity (Wildman–Crippen MR) is 50.1 cm³/mol. The molecule has 1 aromatic heterocycles. The molecule has 0 atom stereocenters. The quantitative estimate of drug-likeness (QED) is 0.727. The van der Waals surface area contributed by atoms with Crippen molar-refractivity contribution in [1.29, 1.82) is 0 Å². The van der Waals surface area contributed by atoms with E-state index < -0.39 is 0 Å². The fourth-order valence-electron chi connectivity index (χ4n) is 1.71. The van der Waals surface area contributed by atoms with Gasteiger partial charge < -0.3 is 4.84 Å². The van der Waals surface area contributed by atoms with Crippen LogP contribution >= 0.6 is 11.3 Å². The third kappa shape index (κ3) is 1.18. The summed E-state index contributed by atoms with van der Waals surface area (Å²) < 4.78 is 0. The fourth-order valence-corrected chi connectivity index (χ4v) is 2.68. The molecule has 2 nitrogen and oxygen atoms in total. The van der Waals surface area contributed by atoms with Crippen LogP contribution in [0.1, 0.15) is 24.0 Å². The average Bonchev–Trinajstić information content (AvgIpc) is 2.68. The highest BCUT2D eigenvalue weighted by Gasteiger charge is 2.45. The van der Waals surface area contributed by atoms with Crippen LogP contribution in [0, 0.1) is 6.92 Å². The van der Waals surface area contributed by atoms with Crippen LogP contribution in [0.25, 0.3) is 0 Å². The fraction of sp³-hybridized carbons (Fsp3) is 0.556. The minimum atomic E-state index is 0.277. The zero-order chi connectivity index (χ0) is 8.60. The monoisotopic (exact) mass is 183 g/mol. The van der Waals surface area contributed by atoms with Crippen LogP contribution in [0.4, 0.5) is 0 Å². The van der Waals surface area contributed by atoms with E-state index in [-0.39, 0.29) is 5.41 Å². The summed E-state index contributed by atoms with van der Waals surface area (Å²) in [5.41, 5.74) is 3.10. The first-order valence-corrected chi connectivity index (χ1v) is 5.08. The Labute approximate surface area is 76.3 Å². The molecule has 0 unspecified atom stereocenters. The molecule has 1 aliphatic carbocycles. The SMILES string of the molecule is Cc1cscc1C1(CON)CC1. The number of rotatable bonds is 3. The third-order valence-electron chi connectivity index (χ3n) is 2.64. The summed E-state index contributed by atoms with van der Waals surface area (Å²) in [7, 11) is 0. The Hall–Kier alpha value is -0.380. The Morgan fingerprint density at radius 1 is 1.58 bits per heavy atom. The molecule has 3 heteroatoms. The van der Waals surface area contributed by atoms with Crippen molar-refractivity contribution in [3.63, 3.8) is 0 Å². The van der Waals surface area contributed by atoms with Gasteiger partial charge in [0.2, 0.25) is 0 Å². The maximum absolute atomic E-state index is 5.11. The predicted octanol–water partition coefficient (Wildman–Crippen LogP) is 1.98. The van der Waals surface area contributed by atoms with Crippen molar-refractivity contribution in [1.82, 2.24) is 0 Å². The molecule has 0 spiro atoms. The van der Waals surface area contributed by atoms with Gasteiger partial charge in [0, 0.05) is 5.41 Å². The van der Waals surface area contributed by atoms with Crippen LogP contribution < -0.4 is 5.90 Å². The maximum Gasteiger partial charge on any atom is 0.0776 e. The molecule has 2 rings (SSSR count). The largest absolute Gasteiger partial charge is 0.304 e. The molecule has 0 amide bonds. The summed E-state index contributed by atoms with van der Waals surface area (Å²) in [6.07, 6.45) is 2.45. The molecule has 0 saturated heterocycles. The molecule has 1 aliphatic rings. The molecule has 1 heterocycles. The molecule has 1 aromatic rings. The first kappa shape index (κ1) is 8.23. The smallest absolute Gasteiger partial charge is 0.0776 e. The van der Waals surface area contributed by atoms with Gasteiger partial charge in [0.25, 0.3) is 0 Å². The Kier molecular flexibility index (Phi) is 1.94. The zero-order valence-electron chi connectivity index (χ0n) is 7.17. The number of aryl methyl sites for hydroxylation is 1. The van der Waals surface area contributed by atoms with E-state index in [1.165, 1.54) is 24.0 Å². The van der Waals surface area contributed by atoms with E-state index >= 15 is 0 Å². The van der Waals surface area contributed by atoms with Gasteiger partial charge >= 0.3 is 0 Å². The highest BCUT2D eigenvalue weighted by molar-refractivity contribution is 7.08. The Bertz CT molecular complexity index is 278. The van der Waals surface area contributed by atoms with E-state index in [1.54, 1.807) is 11.3 Å². The summed E-state index contributed by atoms with van der Waals surface area (Å²) in [4.78, 5) is 4.75. The van der Waals surface area contributed by atoms with Crippen molar-refractivity contribution in [3.8, 4) is 0 Å². The van der Waals surface area contributed by atoms with Gasteiger partial charge in [-0.15, -0.1) is 0 Å². The lowest BCUT2D eigenvalue weighted by molar-refractivity contribution is 0.116. The van der Waals surface area contributed by atoms with E-state index in [4.69, 9.17) is 10.7 Å². The Balaban J connectivity index is 2.24. The van der Waals surface area contributed by atoms with Crippen LogP contribution in [-0.2, 0) is 10.3 Å². The number of nitrogens with two attached hydrogens (primary N) is 1. The molecule has 0 radical (unpaired) electrons. The van der Waals surface area contributed by atoms with Crippen LogP contribution in [0.15, 0.2) is 10.8 Å². The average molecular weight is 183 g/mol. The first-order valence-electron chi connectivity index (χ1n) is 4.13. The number of hydrogen-bond donors (Lipinski definition) is 1. The van der Waals surface area contributed by atoms with Crippen LogP contribution in [0.2, 0.25) is 0 Å². The van der Waals surface area contributed by atoms with Crippen molar-refractivity contribution < 1.29 is 4.84 Å². The van der Waals surface area contributed by atoms with Gasteiger partial charge in [-0.3, -0.25) is 0 Å². The van der Waals surface area contributed by atoms with Gasteiger partial charge in [-0.2, -0.15) is 11.3 Å². The second-order valence-corrected chi connectivity index (χ2v) is 4.30. The molecule has 0 aliphatic heterocycles. The van der Waals surface area contributed by atoms with Crippen molar-refractivity contribution in [2.75, 3.05) is 6.61 Å². The van der Waals surface area contributed by atoms with Gasteiger partial charge in [0.1, 0.15) is 0 Å². The molecule has 1 fully saturated rings. The van der Waals surface area contributed by atoms with Crippen LogP contribution in [-0.4, -0.2) is 6.61 Å². The second-order valence-electron chi connectivity index (χ2n) is 3.56. The lowest BCUT2D eigenvalue weighted by Gasteiger charge is -2.12. The van der Waals surface area contributed by atoms with Crippen molar-refractivity contribution in [2.24, 2.45) is 5.90 Å². The molecule has 66 valence electrons. The highest BCUT2D eigenvalue weighted by atomic mass is 32.1. The zero-order valence-corrected chi connectivity index (χ0v) is 7.99. The third-order valence-corrected chi connectivity index (χ3v) is 3.50. The van der Waals surface area contributed by atoms with Crippen LogP contribution in [0.3, 0.4) is 0 Å². The molecule has 12 heavy (non-hydrogen) atoms. The lowest BCUT2D eigenvalue weighted by atomic mass is 9.97. The molecule has 2 N–H and O–H groups in total.